The largest absolute Gasteiger partial charge is 0.497 e. The van der Waals surface area contributed by atoms with Gasteiger partial charge in [0.15, 0.2) is 0 Å². The maximum absolute atomic E-state index is 10.5. The van der Waals surface area contributed by atoms with E-state index in [1.807, 2.05) is 24.3 Å². The van der Waals surface area contributed by atoms with E-state index in [9.17, 15) is 5.11 Å². The Morgan fingerprint density at radius 1 is 1.10 bits per heavy atom. The summed E-state index contributed by atoms with van der Waals surface area (Å²) in [6, 6.07) is 12.1. The summed E-state index contributed by atoms with van der Waals surface area (Å²) < 4.78 is 10.6. The zero-order valence-corrected chi connectivity index (χ0v) is 11.7. The topological polar surface area (TPSA) is 38.7 Å². The van der Waals surface area contributed by atoms with Crippen LogP contribution in [0.4, 0.5) is 0 Å². The first-order chi connectivity index (χ1) is 9.78. The Labute approximate surface area is 119 Å². The third-order valence-corrected chi connectivity index (χ3v) is 4.13. The molecular formula is C17H20O3. The van der Waals surface area contributed by atoms with E-state index in [-0.39, 0.29) is 0 Å². The SMILES string of the molecule is COc1ccc2cc(C(O)C3CCOCC3)ccc2c1. The zero-order valence-electron chi connectivity index (χ0n) is 11.7. The molecule has 0 aliphatic carbocycles. The molecule has 1 aliphatic rings. The minimum atomic E-state index is -0.398. The quantitative estimate of drug-likeness (QED) is 0.931. The van der Waals surface area contributed by atoms with Crippen LogP contribution in [0.2, 0.25) is 0 Å². The number of hydrogen-bond acceptors (Lipinski definition) is 3. The fourth-order valence-corrected chi connectivity index (χ4v) is 2.86. The predicted molar refractivity (Wildman–Crippen MR) is 79.0 cm³/mol. The molecule has 0 amide bonds. The lowest BCUT2D eigenvalue weighted by Crippen LogP contribution is -2.21. The Kier molecular flexibility index (Phi) is 3.90. The molecule has 20 heavy (non-hydrogen) atoms. The smallest absolute Gasteiger partial charge is 0.119 e. The van der Waals surface area contributed by atoms with E-state index in [2.05, 4.69) is 12.1 Å². The summed E-state index contributed by atoms with van der Waals surface area (Å²) in [7, 11) is 1.67. The van der Waals surface area contributed by atoms with Gasteiger partial charge in [0.1, 0.15) is 5.75 Å². The number of fused-ring (bicyclic) bond motifs is 1. The highest BCUT2D eigenvalue weighted by atomic mass is 16.5. The van der Waals surface area contributed by atoms with E-state index in [1.165, 1.54) is 0 Å². The van der Waals surface area contributed by atoms with Crippen LogP contribution in [0.3, 0.4) is 0 Å². The van der Waals surface area contributed by atoms with Crippen LogP contribution in [0.1, 0.15) is 24.5 Å². The van der Waals surface area contributed by atoms with Crippen molar-refractivity contribution in [3.8, 4) is 5.75 Å². The van der Waals surface area contributed by atoms with E-state index >= 15 is 0 Å². The Hall–Kier alpha value is -1.58. The molecule has 1 atom stereocenters. The first-order valence-electron chi connectivity index (χ1n) is 7.11. The second-order valence-corrected chi connectivity index (χ2v) is 5.37. The monoisotopic (exact) mass is 272 g/mol. The summed E-state index contributed by atoms with van der Waals surface area (Å²) in [5, 5.41) is 12.8. The molecule has 0 bridgehead atoms. The van der Waals surface area contributed by atoms with E-state index in [0.717, 1.165) is 48.1 Å². The van der Waals surface area contributed by atoms with Gasteiger partial charge in [-0.25, -0.2) is 0 Å². The minimum Gasteiger partial charge on any atom is -0.497 e. The number of benzene rings is 2. The predicted octanol–water partition coefficient (Wildman–Crippen LogP) is 3.31. The van der Waals surface area contributed by atoms with Crippen LogP contribution in [0.15, 0.2) is 36.4 Å². The molecule has 3 nitrogen and oxygen atoms in total. The van der Waals surface area contributed by atoms with Crippen molar-refractivity contribution in [3.05, 3.63) is 42.0 Å². The van der Waals surface area contributed by atoms with Crippen LogP contribution >= 0.6 is 0 Å². The maximum atomic E-state index is 10.5. The highest BCUT2D eigenvalue weighted by Gasteiger charge is 2.23. The fourth-order valence-electron chi connectivity index (χ4n) is 2.86. The van der Waals surface area contributed by atoms with Crippen molar-refractivity contribution in [2.45, 2.75) is 18.9 Å². The van der Waals surface area contributed by atoms with Crippen molar-refractivity contribution >= 4 is 10.8 Å². The molecule has 1 heterocycles. The third-order valence-electron chi connectivity index (χ3n) is 4.13. The van der Waals surface area contributed by atoms with Gasteiger partial charge in [-0.05, 0) is 53.3 Å². The molecule has 1 aliphatic heterocycles. The molecule has 1 fully saturated rings. The summed E-state index contributed by atoms with van der Waals surface area (Å²) in [4.78, 5) is 0. The molecule has 1 saturated heterocycles. The normalized spacial score (nSPS) is 18.1. The molecule has 0 aromatic heterocycles. The van der Waals surface area contributed by atoms with Crippen LogP contribution in [-0.4, -0.2) is 25.4 Å². The molecule has 0 radical (unpaired) electrons. The van der Waals surface area contributed by atoms with Crippen LogP contribution in [0.25, 0.3) is 10.8 Å². The number of methoxy groups -OCH3 is 1. The van der Waals surface area contributed by atoms with E-state index < -0.39 is 6.10 Å². The molecule has 3 heteroatoms. The van der Waals surface area contributed by atoms with Gasteiger partial charge in [0.25, 0.3) is 0 Å². The summed E-state index contributed by atoms with van der Waals surface area (Å²) in [6.07, 6.45) is 1.47. The number of aliphatic hydroxyl groups excluding tert-OH is 1. The number of rotatable bonds is 3. The Balaban J connectivity index is 1.88. The van der Waals surface area contributed by atoms with E-state index in [4.69, 9.17) is 9.47 Å². The molecule has 2 aromatic rings. The molecule has 1 unspecified atom stereocenters. The standard InChI is InChI=1S/C17H20O3/c1-19-16-5-4-13-10-15(3-2-14(13)11-16)17(18)12-6-8-20-9-7-12/h2-5,10-12,17-18H,6-9H2,1H3. The van der Waals surface area contributed by atoms with Gasteiger partial charge in [0.05, 0.1) is 13.2 Å². The van der Waals surface area contributed by atoms with Gasteiger partial charge in [-0.15, -0.1) is 0 Å². The summed E-state index contributed by atoms with van der Waals surface area (Å²) in [5.41, 5.74) is 0.995. The highest BCUT2D eigenvalue weighted by molar-refractivity contribution is 5.84. The molecule has 0 spiro atoms. The van der Waals surface area contributed by atoms with Crippen molar-refractivity contribution in [1.29, 1.82) is 0 Å². The van der Waals surface area contributed by atoms with Crippen molar-refractivity contribution < 1.29 is 14.6 Å². The lowest BCUT2D eigenvalue weighted by Gasteiger charge is -2.27. The van der Waals surface area contributed by atoms with E-state index in [0.29, 0.717) is 5.92 Å². The fraction of sp³-hybridized carbons (Fsp3) is 0.412. The molecule has 106 valence electrons. The first-order valence-corrected chi connectivity index (χ1v) is 7.11. The second kappa shape index (κ2) is 5.81. The summed E-state index contributed by atoms with van der Waals surface area (Å²) in [5.74, 6) is 1.16. The lowest BCUT2D eigenvalue weighted by atomic mass is 9.88. The maximum Gasteiger partial charge on any atom is 0.119 e. The Morgan fingerprint density at radius 2 is 1.80 bits per heavy atom. The lowest BCUT2D eigenvalue weighted by molar-refractivity contribution is 0.00723. The van der Waals surface area contributed by atoms with Gasteiger partial charge in [0.2, 0.25) is 0 Å². The van der Waals surface area contributed by atoms with Crippen molar-refractivity contribution in [2.75, 3.05) is 20.3 Å². The van der Waals surface area contributed by atoms with Crippen LogP contribution in [0.5, 0.6) is 5.75 Å². The van der Waals surface area contributed by atoms with Crippen LogP contribution in [0, 0.1) is 5.92 Å². The Bertz CT molecular complexity index is 588. The number of aliphatic hydroxyl groups is 1. The van der Waals surface area contributed by atoms with Gasteiger partial charge in [-0.1, -0.05) is 18.2 Å². The minimum absolute atomic E-state index is 0.305. The van der Waals surface area contributed by atoms with Crippen molar-refractivity contribution in [2.24, 2.45) is 5.92 Å². The molecule has 2 aromatic carbocycles. The highest BCUT2D eigenvalue weighted by Crippen LogP contribution is 2.32. The summed E-state index contributed by atoms with van der Waals surface area (Å²) >= 11 is 0. The van der Waals surface area contributed by atoms with Gasteiger partial charge >= 0.3 is 0 Å². The molecule has 1 N–H and O–H groups in total. The van der Waals surface area contributed by atoms with Gasteiger partial charge in [0, 0.05) is 13.2 Å². The van der Waals surface area contributed by atoms with E-state index in [1.54, 1.807) is 7.11 Å². The average Bonchev–Trinajstić information content (AvgIpc) is 2.54. The molecular weight excluding hydrogens is 252 g/mol. The molecule has 0 saturated carbocycles. The van der Waals surface area contributed by atoms with Gasteiger partial charge in [-0.3, -0.25) is 0 Å². The van der Waals surface area contributed by atoms with Crippen LogP contribution < -0.4 is 4.74 Å². The first kappa shape index (κ1) is 13.4. The summed E-state index contributed by atoms with van der Waals surface area (Å²) in [6.45, 7) is 1.51. The van der Waals surface area contributed by atoms with Crippen molar-refractivity contribution in [1.82, 2.24) is 0 Å². The third kappa shape index (κ3) is 2.65. The average molecular weight is 272 g/mol. The van der Waals surface area contributed by atoms with Crippen LogP contribution in [-0.2, 0) is 4.74 Å². The zero-order chi connectivity index (χ0) is 13.9. The van der Waals surface area contributed by atoms with Crippen molar-refractivity contribution in [3.63, 3.8) is 0 Å². The number of ether oxygens (including phenoxy) is 2. The second-order valence-electron chi connectivity index (χ2n) is 5.37. The number of hydrogen-bond donors (Lipinski definition) is 1. The Morgan fingerprint density at radius 3 is 2.55 bits per heavy atom. The van der Waals surface area contributed by atoms with Gasteiger partial charge < -0.3 is 14.6 Å². The molecule has 3 rings (SSSR count). The van der Waals surface area contributed by atoms with Gasteiger partial charge in [-0.2, -0.15) is 0 Å².